The molecule has 3 aliphatic heterocycles. The molecule has 0 bridgehead atoms. The number of rotatable bonds is 7. The van der Waals surface area contributed by atoms with Crippen LogP contribution in [0.1, 0.15) is 80.4 Å². The van der Waals surface area contributed by atoms with Gasteiger partial charge in [0.2, 0.25) is 5.76 Å². The second kappa shape index (κ2) is 17.3. The van der Waals surface area contributed by atoms with Crippen molar-refractivity contribution in [2.45, 2.75) is 134 Å². The fourth-order valence-corrected chi connectivity index (χ4v) is 8.36. The van der Waals surface area contributed by atoms with E-state index in [1.807, 2.05) is 11.8 Å². The maximum atomic E-state index is 16.8. The van der Waals surface area contributed by atoms with Crippen molar-refractivity contribution in [1.82, 2.24) is 25.3 Å². The number of carbonyl (C=O) groups is 4. The number of aliphatic hydroxyl groups is 1. The number of hydrogen-bond acceptors (Lipinski definition) is 15. The quantitative estimate of drug-likeness (QED) is 0.234. The maximum Gasteiger partial charge on any atom is 0.408 e. The lowest BCUT2D eigenvalue weighted by atomic mass is 9.73. The third-order valence-electron chi connectivity index (χ3n) is 11.5. The van der Waals surface area contributed by atoms with E-state index in [-0.39, 0.29) is 31.0 Å². The second-order valence-electron chi connectivity index (χ2n) is 16.2. The van der Waals surface area contributed by atoms with Gasteiger partial charge in [-0.05, 0) is 67.0 Å². The first-order valence-electron chi connectivity index (χ1n) is 19.2. The summed E-state index contributed by atoms with van der Waals surface area (Å²) in [6, 6.07) is 0.190. The molecular weight excluding hydrogens is 745 g/mol. The molecule has 0 saturated carbocycles. The van der Waals surface area contributed by atoms with Crippen LogP contribution in [0.15, 0.2) is 29.3 Å². The molecule has 13 atom stereocenters. The standard InChI is InChI=1S/C40H54FN5O11/c1-11-29-40(8)32(44-37(51)56-40)23(4)30(47)21(2)17-38(6,52-14-12-13-26-16-27(45-57-26)25-18-42-20-43-19-25)34(24(5)33(49)39(7,41)36(50)54-29)55-35-31(48)28(46(9)10)15-22(3)53-35/h16,18-24,28-29,31-32,34-35,48H,11,14-15,17H2,1-10H3,(H,44,51)/t21-,22-,23-,24+,28+,29+,31-,32-,34-,35+,38+,39+,40-/m1/s1. The summed E-state index contributed by atoms with van der Waals surface area (Å²) < 4.78 is 52.7. The van der Waals surface area contributed by atoms with Crippen LogP contribution in [0.2, 0.25) is 0 Å². The molecule has 2 N–H and O–H groups in total. The third-order valence-corrected chi connectivity index (χ3v) is 11.5. The first-order chi connectivity index (χ1) is 26.7. The molecule has 17 heteroatoms. The Hall–Kier alpha value is -4.34. The first kappa shape index (κ1) is 43.8. The highest BCUT2D eigenvalue weighted by Gasteiger charge is 2.59. The number of ether oxygens (including phenoxy) is 5. The zero-order valence-corrected chi connectivity index (χ0v) is 34.1. The van der Waals surface area contributed by atoms with E-state index in [0.29, 0.717) is 17.7 Å². The Kier molecular flexibility index (Phi) is 13.3. The molecular formula is C40H54FN5O11. The van der Waals surface area contributed by atoms with Gasteiger partial charge in [0.1, 0.15) is 36.6 Å². The van der Waals surface area contributed by atoms with Crippen molar-refractivity contribution in [2.75, 3.05) is 20.7 Å². The van der Waals surface area contributed by atoms with Crippen LogP contribution < -0.4 is 5.32 Å². The van der Waals surface area contributed by atoms with Gasteiger partial charge in [0.15, 0.2) is 17.7 Å². The lowest BCUT2D eigenvalue weighted by Crippen LogP contribution is -2.61. The molecule has 5 heterocycles. The number of amides is 1. The molecule has 1 amide bonds. The highest BCUT2D eigenvalue weighted by molar-refractivity contribution is 6.08. The summed E-state index contributed by atoms with van der Waals surface area (Å²) in [5, 5.41) is 18.2. The molecule has 3 aliphatic rings. The monoisotopic (exact) mass is 799 g/mol. The number of halogens is 1. The average molecular weight is 800 g/mol. The minimum absolute atomic E-state index is 0.0703. The van der Waals surface area contributed by atoms with Gasteiger partial charge in [-0.2, -0.15) is 0 Å². The Morgan fingerprint density at radius 2 is 1.75 bits per heavy atom. The molecule has 3 saturated heterocycles. The predicted molar refractivity (Wildman–Crippen MR) is 200 cm³/mol. The van der Waals surface area contributed by atoms with Crippen LogP contribution >= 0.6 is 0 Å². The van der Waals surface area contributed by atoms with Crippen LogP contribution in [-0.2, 0) is 38.1 Å². The van der Waals surface area contributed by atoms with Crippen LogP contribution in [0.25, 0.3) is 11.3 Å². The van der Waals surface area contributed by atoms with Crippen molar-refractivity contribution in [3.63, 3.8) is 0 Å². The predicted octanol–water partition coefficient (Wildman–Crippen LogP) is 3.44. The number of ketones is 2. The van der Waals surface area contributed by atoms with E-state index in [1.54, 1.807) is 60.3 Å². The van der Waals surface area contributed by atoms with Crippen molar-refractivity contribution in [1.29, 1.82) is 0 Å². The number of alkyl carbamates (subject to hydrolysis) is 1. The van der Waals surface area contributed by atoms with Gasteiger partial charge in [0.05, 0.1) is 23.9 Å². The van der Waals surface area contributed by atoms with Gasteiger partial charge >= 0.3 is 12.1 Å². The van der Waals surface area contributed by atoms with Crippen LogP contribution in [0.5, 0.6) is 0 Å². The van der Waals surface area contributed by atoms with E-state index >= 15 is 4.39 Å². The van der Waals surface area contributed by atoms with Crippen LogP contribution in [0.3, 0.4) is 0 Å². The van der Waals surface area contributed by atoms with Crippen molar-refractivity contribution in [3.8, 4) is 23.1 Å². The Balaban J connectivity index is 1.57. The SMILES string of the molecule is CC[C@@H]1OC(=O)[C@@](C)(F)C(=O)[C@H](C)[C@@H](O[C@@H]2O[C@H](C)C[C@H](N(C)C)[C@H]2O)[C@@](C)(OCC#Cc2cc(-c3cncnc3)no2)C[C@@H](C)C(=O)[C@@H](C)[C@H]2NC(=O)O[C@]12C. The zero-order valence-electron chi connectivity index (χ0n) is 34.1. The lowest BCUT2D eigenvalue weighted by molar-refractivity contribution is -0.296. The zero-order chi connectivity index (χ0) is 42.0. The van der Waals surface area contributed by atoms with E-state index in [4.69, 9.17) is 28.2 Å². The fourth-order valence-electron chi connectivity index (χ4n) is 8.36. The molecule has 5 rings (SSSR count). The average Bonchev–Trinajstić information content (AvgIpc) is 3.77. The Bertz CT molecular complexity index is 1850. The fraction of sp³-hybridized carbons (Fsp3) is 0.675. The largest absolute Gasteiger partial charge is 0.455 e. The summed E-state index contributed by atoms with van der Waals surface area (Å²) in [6.07, 6.45) is -1.50. The number of Topliss-reactive ketones (excluding diaryl/α,β-unsaturated/α-hetero) is 2. The van der Waals surface area contributed by atoms with E-state index in [0.717, 1.165) is 6.92 Å². The number of nitrogens with one attached hydrogen (secondary N) is 1. The molecule has 0 aliphatic carbocycles. The molecule has 57 heavy (non-hydrogen) atoms. The summed E-state index contributed by atoms with van der Waals surface area (Å²) in [4.78, 5) is 65.0. The minimum atomic E-state index is -3.23. The summed E-state index contributed by atoms with van der Waals surface area (Å²) in [5.74, 6) is -0.276. The van der Waals surface area contributed by atoms with Crippen LogP contribution in [0.4, 0.5) is 9.18 Å². The minimum Gasteiger partial charge on any atom is -0.455 e. The molecule has 0 aromatic carbocycles. The Morgan fingerprint density at radius 3 is 2.40 bits per heavy atom. The smallest absolute Gasteiger partial charge is 0.408 e. The van der Waals surface area contributed by atoms with Gasteiger partial charge in [0.25, 0.3) is 5.67 Å². The molecule has 2 aromatic rings. The van der Waals surface area contributed by atoms with E-state index < -0.39 is 95.3 Å². The van der Waals surface area contributed by atoms with Gasteiger partial charge < -0.3 is 43.5 Å². The van der Waals surface area contributed by atoms with Gasteiger partial charge in [-0.15, -0.1) is 0 Å². The Morgan fingerprint density at radius 1 is 1.07 bits per heavy atom. The summed E-state index contributed by atoms with van der Waals surface area (Å²) >= 11 is 0. The van der Waals surface area contributed by atoms with Crippen LogP contribution in [-0.4, -0.2) is 129 Å². The molecule has 3 fully saturated rings. The van der Waals surface area contributed by atoms with Gasteiger partial charge in [0, 0.05) is 47.8 Å². The number of carbonyl (C=O) groups excluding carboxylic acids is 4. The number of cyclic esters (lactones) is 1. The number of aliphatic hydroxyl groups excluding tert-OH is 1. The van der Waals surface area contributed by atoms with Crippen molar-refractivity contribution < 1.29 is 56.9 Å². The summed E-state index contributed by atoms with van der Waals surface area (Å²) in [6.45, 7) is 11.8. The molecule has 0 unspecified atom stereocenters. The summed E-state index contributed by atoms with van der Waals surface area (Å²) in [7, 11) is 3.60. The van der Waals surface area contributed by atoms with Crippen molar-refractivity contribution in [3.05, 3.63) is 30.5 Å². The molecule has 16 nitrogen and oxygen atoms in total. The van der Waals surface area contributed by atoms with Crippen LogP contribution in [0, 0.1) is 29.6 Å². The molecule has 0 radical (unpaired) electrons. The number of fused-ring (bicyclic) bond motifs is 1. The number of likely N-dealkylation sites (N-methyl/N-ethyl adjacent to an activating group) is 1. The highest BCUT2D eigenvalue weighted by atomic mass is 19.1. The normalized spacial score (nSPS) is 38.0. The topological polar surface area (TPSA) is 202 Å². The number of alkyl halides is 1. The number of aromatic nitrogens is 3. The first-order valence-corrected chi connectivity index (χ1v) is 19.2. The number of hydrogen-bond donors (Lipinski definition) is 2. The van der Waals surface area contributed by atoms with Gasteiger partial charge in [-0.25, -0.2) is 23.9 Å². The molecule has 2 aromatic heterocycles. The highest BCUT2D eigenvalue weighted by Crippen LogP contribution is 2.41. The van der Waals surface area contributed by atoms with E-state index in [1.165, 1.54) is 20.2 Å². The second-order valence-corrected chi connectivity index (χ2v) is 16.2. The van der Waals surface area contributed by atoms with Gasteiger partial charge in [-0.3, -0.25) is 9.59 Å². The molecule has 0 spiro atoms. The van der Waals surface area contributed by atoms with E-state index in [2.05, 4.69) is 32.3 Å². The van der Waals surface area contributed by atoms with E-state index in [9.17, 15) is 24.3 Å². The van der Waals surface area contributed by atoms with Gasteiger partial charge in [-0.1, -0.05) is 38.8 Å². The van der Waals surface area contributed by atoms with Crippen molar-refractivity contribution >= 4 is 23.6 Å². The summed E-state index contributed by atoms with van der Waals surface area (Å²) in [5.41, 5.74) is -5.39. The number of esters is 1. The third kappa shape index (κ3) is 9.05. The molecule has 312 valence electrons. The maximum absolute atomic E-state index is 16.8. The lowest BCUT2D eigenvalue weighted by Gasteiger charge is -2.47. The Labute approximate surface area is 331 Å². The van der Waals surface area contributed by atoms with Crippen molar-refractivity contribution in [2.24, 2.45) is 17.8 Å². The number of nitrogens with zero attached hydrogens (tertiary/aromatic N) is 4.